The Hall–Kier alpha value is -0.910. The number of nitrogens with zero attached hydrogens (tertiary/aromatic N) is 2. The van der Waals surface area contributed by atoms with Crippen LogP contribution in [-0.2, 0) is 16.1 Å². The van der Waals surface area contributed by atoms with Crippen LogP contribution in [-0.4, -0.2) is 56.1 Å². The molecular formula is C14H22N2O2S. The van der Waals surface area contributed by atoms with Gasteiger partial charge in [0.2, 0.25) is 5.91 Å². The highest BCUT2D eigenvalue weighted by molar-refractivity contribution is 7.09. The van der Waals surface area contributed by atoms with Gasteiger partial charge >= 0.3 is 0 Å². The molecule has 1 fully saturated rings. The van der Waals surface area contributed by atoms with E-state index in [1.165, 1.54) is 4.88 Å². The van der Waals surface area contributed by atoms with Crippen molar-refractivity contribution in [2.75, 3.05) is 40.4 Å². The summed E-state index contributed by atoms with van der Waals surface area (Å²) in [6.07, 6.45) is 0.863. The summed E-state index contributed by atoms with van der Waals surface area (Å²) < 4.78 is 5.33. The van der Waals surface area contributed by atoms with Gasteiger partial charge in [-0.25, -0.2) is 0 Å². The van der Waals surface area contributed by atoms with Crippen molar-refractivity contribution in [2.45, 2.75) is 13.0 Å². The van der Waals surface area contributed by atoms with E-state index in [9.17, 15) is 4.79 Å². The van der Waals surface area contributed by atoms with Gasteiger partial charge in [-0.1, -0.05) is 6.07 Å². The van der Waals surface area contributed by atoms with Gasteiger partial charge in [-0.2, -0.15) is 0 Å². The molecule has 1 aliphatic rings. The van der Waals surface area contributed by atoms with Crippen molar-refractivity contribution in [3.63, 3.8) is 0 Å². The largest absolute Gasteiger partial charge is 0.381 e. The third kappa shape index (κ3) is 4.30. The van der Waals surface area contributed by atoms with Crippen LogP contribution in [0.1, 0.15) is 11.3 Å². The number of hydrogen-bond acceptors (Lipinski definition) is 4. The van der Waals surface area contributed by atoms with Gasteiger partial charge < -0.3 is 14.5 Å². The summed E-state index contributed by atoms with van der Waals surface area (Å²) in [4.78, 5) is 17.8. The molecule has 1 aromatic rings. The predicted molar refractivity (Wildman–Crippen MR) is 77.2 cm³/mol. The van der Waals surface area contributed by atoms with E-state index >= 15 is 0 Å². The average molecular weight is 282 g/mol. The molecule has 0 aliphatic carbocycles. The monoisotopic (exact) mass is 282 g/mol. The van der Waals surface area contributed by atoms with Crippen LogP contribution in [0.5, 0.6) is 0 Å². The van der Waals surface area contributed by atoms with Crippen molar-refractivity contribution < 1.29 is 9.53 Å². The smallest absolute Gasteiger partial charge is 0.228 e. The van der Waals surface area contributed by atoms with Crippen molar-refractivity contribution in [3.05, 3.63) is 22.4 Å². The number of rotatable bonds is 6. The fourth-order valence-corrected chi connectivity index (χ4v) is 2.89. The first-order valence-corrected chi connectivity index (χ1v) is 7.58. The van der Waals surface area contributed by atoms with E-state index < -0.39 is 0 Å². The van der Waals surface area contributed by atoms with Gasteiger partial charge in [0.05, 0.1) is 19.1 Å². The molecular weight excluding hydrogens is 260 g/mol. The Balaban J connectivity index is 1.97. The standard InChI is InChI=1S/C14H22N2O2S/c1-15(2)6-7-16(10-13-4-3-9-19-13)14(17)12-5-8-18-11-12/h3-4,9,12H,5-8,10-11H2,1-2H3/t12-/m1/s1. The lowest BCUT2D eigenvalue weighted by atomic mass is 10.1. The molecule has 1 atom stereocenters. The van der Waals surface area contributed by atoms with Gasteiger partial charge in [-0.3, -0.25) is 4.79 Å². The first-order valence-electron chi connectivity index (χ1n) is 6.70. The second-order valence-electron chi connectivity index (χ2n) is 5.20. The third-order valence-electron chi connectivity index (χ3n) is 3.33. The van der Waals surface area contributed by atoms with E-state index in [1.807, 2.05) is 25.1 Å². The van der Waals surface area contributed by atoms with Crippen molar-refractivity contribution in [1.82, 2.24) is 9.80 Å². The van der Waals surface area contributed by atoms with E-state index in [2.05, 4.69) is 16.3 Å². The molecule has 0 aromatic carbocycles. The number of carbonyl (C=O) groups is 1. The molecule has 0 bridgehead atoms. The molecule has 1 saturated heterocycles. The molecule has 1 amide bonds. The summed E-state index contributed by atoms with van der Waals surface area (Å²) in [7, 11) is 4.07. The first-order chi connectivity index (χ1) is 9.16. The van der Waals surface area contributed by atoms with Gasteiger partial charge in [0, 0.05) is 24.6 Å². The molecule has 1 aliphatic heterocycles. The maximum atomic E-state index is 12.5. The lowest BCUT2D eigenvalue weighted by Crippen LogP contribution is -2.39. The highest BCUT2D eigenvalue weighted by Gasteiger charge is 2.28. The number of likely N-dealkylation sites (N-methyl/N-ethyl adjacent to an activating group) is 1. The molecule has 0 radical (unpaired) electrons. The van der Waals surface area contributed by atoms with E-state index in [0.29, 0.717) is 6.61 Å². The minimum Gasteiger partial charge on any atom is -0.381 e. The van der Waals surface area contributed by atoms with Gasteiger partial charge in [-0.05, 0) is 32.0 Å². The molecule has 0 spiro atoms. The second-order valence-corrected chi connectivity index (χ2v) is 6.24. The van der Waals surface area contributed by atoms with Crippen LogP contribution in [0.15, 0.2) is 17.5 Å². The molecule has 2 heterocycles. The van der Waals surface area contributed by atoms with Crippen molar-refractivity contribution >= 4 is 17.2 Å². The summed E-state index contributed by atoms with van der Waals surface area (Å²) in [5, 5.41) is 2.06. The fourth-order valence-electron chi connectivity index (χ4n) is 2.17. The summed E-state index contributed by atoms with van der Waals surface area (Å²) in [5.74, 6) is 0.301. The van der Waals surface area contributed by atoms with Gasteiger partial charge in [0.1, 0.15) is 0 Å². The minimum absolute atomic E-state index is 0.0575. The Morgan fingerprint density at radius 2 is 2.32 bits per heavy atom. The topological polar surface area (TPSA) is 32.8 Å². The number of hydrogen-bond donors (Lipinski definition) is 0. The SMILES string of the molecule is CN(C)CCN(Cc1cccs1)C(=O)[C@@H]1CCOC1. The Morgan fingerprint density at radius 3 is 2.89 bits per heavy atom. The van der Waals surface area contributed by atoms with Gasteiger partial charge in [0.15, 0.2) is 0 Å². The lowest BCUT2D eigenvalue weighted by molar-refractivity contribution is -0.136. The van der Waals surface area contributed by atoms with Crippen LogP contribution >= 0.6 is 11.3 Å². The fraction of sp³-hybridized carbons (Fsp3) is 0.643. The molecule has 2 rings (SSSR count). The molecule has 0 unspecified atom stereocenters. The maximum absolute atomic E-state index is 12.5. The Labute approximate surface area is 119 Å². The van der Waals surface area contributed by atoms with Crippen LogP contribution in [0, 0.1) is 5.92 Å². The van der Waals surface area contributed by atoms with Crippen LogP contribution < -0.4 is 0 Å². The van der Waals surface area contributed by atoms with Crippen molar-refractivity contribution in [1.29, 1.82) is 0 Å². The lowest BCUT2D eigenvalue weighted by Gasteiger charge is -2.26. The number of carbonyl (C=O) groups excluding carboxylic acids is 1. The van der Waals surface area contributed by atoms with Crippen LogP contribution in [0.3, 0.4) is 0 Å². The molecule has 1 aromatic heterocycles. The van der Waals surface area contributed by atoms with E-state index in [0.717, 1.165) is 32.7 Å². The molecule has 106 valence electrons. The quantitative estimate of drug-likeness (QED) is 0.796. The number of ether oxygens (including phenoxy) is 1. The average Bonchev–Trinajstić information content (AvgIpc) is 3.06. The summed E-state index contributed by atoms with van der Waals surface area (Å²) in [5.41, 5.74) is 0. The summed E-state index contributed by atoms with van der Waals surface area (Å²) in [6.45, 7) is 3.70. The van der Waals surface area contributed by atoms with Crippen molar-refractivity contribution in [2.24, 2.45) is 5.92 Å². The van der Waals surface area contributed by atoms with Gasteiger partial charge in [0.25, 0.3) is 0 Å². The summed E-state index contributed by atoms with van der Waals surface area (Å²) >= 11 is 1.71. The van der Waals surface area contributed by atoms with Crippen LogP contribution in [0.25, 0.3) is 0 Å². The second kappa shape index (κ2) is 7.03. The number of thiophene rings is 1. The zero-order valence-corrected chi connectivity index (χ0v) is 12.5. The zero-order valence-electron chi connectivity index (χ0n) is 11.7. The Morgan fingerprint density at radius 1 is 1.47 bits per heavy atom. The molecule has 0 saturated carbocycles. The minimum atomic E-state index is 0.0575. The summed E-state index contributed by atoms with van der Waals surface area (Å²) in [6, 6.07) is 4.12. The highest BCUT2D eigenvalue weighted by Crippen LogP contribution is 2.19. The number of amides is 1. The zero-order chi connectivity index (χ0) is 13.7. The molecule has 0 N–H and O–H groups in total. The molecule has 19 heavy (non-hydrogen) atoms. The highest BCUT2D eigenvalue weighted by atomic mass is 32.1. The van der Waals surface area contributed by atoms with Crippen LogP contribution in [0.2, 0.25) is 0 Å². The van der Waals surface area contributed by atoms with Gasteiger partial charge in [-0.15, -0.1) is 11.3 Å². The third-order valence-corrected chi connectivity index (χ3v) is 4.20. The van der Waals surface area contributed by atoms with Crippen molar-refractivity contribution in [3.8, 4) is 0 Å². The Bertz CT molecular complexity index is 386. The maximum Gasteiger partial charge on any atom is 0.228 e. The van der Waals surface area contributed by atoms with E-state index in [1.54, 1.807) is 11.3 Å². The molecule has 5 heteroatoms. The molecule has 4 nitrogen and oxygen atoms in total. The normalized spacial score (nSPS) is 19.0. The van der Waals surface area contributed by atoms with E-state index in [4.69, 9.17) is 4.74 Å². The predicted octanol–water partition coefficient (Wildman–Crippen LogP) is 1.67. The van der Waals surface area contributed by atoms with E-state index in [-0.39, 0.29) is 11.8 Å². The van der Waals surface area contributed by atoms with Crippen LogP contribution in [0.4, 0.5) is 0 Å². The first kappa shape index (κ1) is 14.5. The Kier molecular flexibility index (Phi) is 5.36.